The third-order valence-corrected chi connectivity index (χ3v) is 4.29. The average Bonchev–Trinajstić information content (AvgIpc) is 3.03. The topological polar surface area (TPSA) is 55.3 Å². The molecule has 1 aromatic heterocycles. The molecule has 1 saturated heterocycles. The molecular formula is C15H21N3O2. The summed E-state index contributed by atoms with van der Waals surface area (Å²) in [5.41, 5.74) is 0. The number of carbonyl (C=O) groups excluding carboxylic acids is 1. The Kier molecular flexibility index (Phi) is 4.14. The molecule has 2 aliphatic rings. The zero-order valence-corrected chi connectivity index (χ0v) is 11.7. The first-order valence-electron chi connectivity index (χ1n) is 7.56. The van der Waals surface area contributed by atoms with Crippen molar-refractivity contribution in [3.8, 4) is 5.88 Å². The average molecular weight is 275 g/mol. The minimum Gasteiger partial charge on any atom is -0.473 e. The van der Waals surface area contributed by atoms with Crippen molar-refractivity contribution in [1.29, 1.82) is 0 Å². The number of carbonyl (C=O) groups is 1. The second-order valence-corrected chi connectivity index (χ2v) is 5.69. The molecular weight excluding hydrogens is 254 g/mol. The van der Waals surface area contributed by atoms with Crippen molar-refractivity contribution in [2.45, 2.75) is 44.6 Å². The van der Waals surface area contributed by atoms with Gasteiger partial charge in [-0.1, -0.05) is 12.8 Å². The van der Waals surface area contributed by atoms with Crippen LogP contribution in [0.1, 0.15) is 38.5 Å². The molecule has 5 heteroatoms. The first kappa shape index (κ1) is 13.3. The molecule has 5 nitrogen and oxygen atoms in total. The summed E-state index contributed by atoms with van der Waals surface area (Å²) >= 11 is 0. The van der Waals surface area contributed by atoms with Gasteiger partial charge >= 0.3 is 0 Å². The van der Waals surface area contributed by atoms with Gasteiger partial charge in [0.25, 0.3) is 0 Å². The van der Waals surface area contributed by atoms with Gasteiger partial charge in [-0.3, -0.25) is 4.79 Å². The first-order chi connectivity index (χ1) is 9.83. The second-order valence-electron chi connectivity index (χ2n) is 5.69. The third kappa shape index (κ3) is 3.08. The number of piperidine rings is 1. The van der Waals surface area contributed by atoms with Gasteiger partial charge in [-0.05, 0) is 18.9 Å². The highest BCUT2D eigenvalue weighted by Gasteiger charge is 2.30. The van der Waals surface area contributed by atoms with E-state index in [-0.39, 0.29) is 12.0 Å². The van der Waals surface area contributed by atoms with Crippen molar-refractivity contribution in [2.75, 3.05) is 13.1 Å². The minimum atomic E-state index is 0.152. The van der Waals surface area contributed by atoms with Crippen LogP contribution in [0, 0.1) is 5.92 Å². The molecule has 20 heavy (non-hydrogen) atoms. The SMILES string of the molecule is O=C(C1CCCC1)N1CCC(Oc2cccnn2)CC1. The van der Waals surface area contributed by atoms with Gasteiger partial charge in [0.05, 0.1) is 0 Å². The summed E-state index contributed by atoms with van der Waals surface area (Å²) in [6.07, 6.45) is 8.13. The van der Waals surface area contributed by atoms with E-state index in [2.05, 4.69) is 10.2 Å². The van der Waals surface area contributed by atoms with Crippen LogP contribution in [0.2, 0.25) is 0 Å². The molecule has 1 aliphatic heterocycles. The lowest BCUT2D eigenvalue weighted by Gasteiger charge is -2.33. The predicted molar refractivity (Wildman–Crippen MR) is 74.2 cm³/mol. The molecule has 1 saturated carbocycles. The van der Waals surface area contributed by atoms with Gasteiger partial charge in [0.1, 0.15) is 6.10 Å². The fourth-order valence-electron chi connectivity index (χ4n) is 3.15. The lowest BCUT2D eigenvalue weighted by Crippen LogP contribution is -2.44. The van der Waals surface area contributed by atoms with Gasteiger partial charge in [-0.15, -0.1) is 5.10 Å². The highest BCUT2D eigenvalue weighted by molar-refractivity contribution is 5.79. The van der Waals surface area contributed by atoms with Crippen LogP contribution in [0.5, 0.6) is 5.88 Å². The molecule has 0 bridgehead atoms. The van der Waals surface area contributed by atoms with Crippen LogP contribution in [0.25, 0.3) is 0 Å². The molecule has 0 radical (unpaired) electrons. The van der Waals surface area contributed by atoms with Crippen LogP contribution in [-0.2, 0) is 4.79 Å². The quantitative estimate of drug-likeness (QED) is 0.847. The Labute approximate surface area is 119 Å². The molecule has 3 rings (SSSR count). The molecule has 1 aromatic rings. The zero-order chi connectivity index (χ0) is 13.8. The van der Waals surface area contributed by atoms with E-state index < -0.39 is 0 Å². The van der Waals surface area contributed by atoms with E-state index >= 15 is 0 Å². The maximum atomic E-state index is 12.3. The Morgan fingerprint density at radius 2 is 1.95 bits per heavy atom. The molecule has 2 heterocycles. The Morgan fingerprint density at radius 1 is 1.20 bits per heavy atom. The lowest BCUT2D eigenvalue weighted by atomic mass is 10.0. The summed E-state index contributed by atoms with van der Waals surface area (Å²) in [5, 5.41) is 7.74. The highest BCUT2D eigenvalue weighted by atomic mass is 16.5. The van der Waals surface area contributed by atoms with Crippen LogP contribution < -0.4 is 4.74 Å². The first-order valence-corrected chi connectivity index (χ1v) is 7.56. The van der Waals surface area contributed by atoms with Crippen molar-refractivity contribution in [3.05, 3.63) is 18.3 Å². The Morgan fingerprint density at radius 3 is 2.60 bits per heavy atom. The molecule has 2 fully saturated rings. The Hall–Kier alpha value is -1.65. The number of likely N-dealkylation sites (tertiary alicyclic amines) is 1. The molecule has 108 valence electrons. The van der Waals surface area contributed by atoms with E-state index in [0.29, 0.717) is 11.8 Å². The van der Waals surface area contributed by atoms with Crippen molar-refractivity contribution < 1.29 is 9.53 Å². The second kappa shape index (κ2) is 6.20. The molecule has 1 amide bonds. The Bertz CT molecular complexity index is 438. The van der Waals surface area contributed by atoms with Crippen LogP contribution >= 0.6 is 0 Å². The third-order valence-electron chi connectivity index (χ3n) is 4.29. The van der Waals surface area contributed by atoms with Gasteiger partial charge in [0.15, 0.2) is 0 Å². The number of rotatable bonds is 3. The lowest BCUT2D eigenvalue weighted by molar-refractivity contribution is -0.137. The fourth-order valence-corrected chi connectivity index (χ4v) is 3.15. The van der Waals surface area contributed by atoms with Gasteiger partial charge in [0.2, 0.25) is 11.8 Å². The van der Waals surface area contributed by atoms with Crippen molar-refractivity contribution in [3.63, 3.8) is 0 Å². The maximum absolute atomic E-state index is 12.3. The van der Waals surface area contributed by atoms with Gasteiger partial charge in [0, 0.05) is 44.1 Å². The fraction of sp³-hybridized carbons (Fsp3) is 0.667. The molecule has 1 aliphatic carbocycles. The van der Waals surface area contributed by atoms with E-state index in [1.807, 2.05) is 17.0 Å². The van der Waals surface area contributed by atoms with Crippen molar-refractivity contribution in [1.82, 2.24) is 15.1 Å². The van der Waals surface area contributed by atoms with Gasteiger partial charge < -0.3 is 9.64 Å². The van der Waals surface area contributed by atoms with E-state index in [4.69, 9.17) is 4.74 Å². The summed E-state index contributed by atoms with van der Waals surface area (Å²) in [5.74, 6) is 1.22. The largest absolute Gasteiger partial charge is 0.473 e. The van der Waals surface area contributed by atoms with Gasteiger partial charge in [-0.2, -0.15) is 5.10 Å². The number of aromatic nitrogens is 2. The predicted octanol–water partition coefficient (Wildman–Crippen LogP) is 2.04. The maximum Gasteiger partial charge on any atom is 0.233 e. The number of nitrogens with zero attached hydrogens (tertiary/aromatic N) is 3. The summed E-state index contributed by atoms with van der Waals surface area (Å²) in [6.45, 7) is 1.61. The standard InChI is InChI=1S/C15H21N3O2/c19-15(12-4-1-2-5-12)18-10-7-13(8-11-18)20-14-6-3-9-16-17-14/h3,6,9,12-13H,1-2,4-5,7-8,10-11H2. The number of hydrogen-bond acceptors (Lipinski definition) is 4. The molecule has 0 atom stereocenters. The highest BCUT2D eigenvalue weighted by Crippen LogP contribution is 2.28. The number of ether oxygens (including phenoxy) is 1. The normalized spacial score (nSPS) is 21.1. The van der Waals surface area contributed by atoms with E-state index in [9.17, 15) is 4.79 Å². The summed E-state index contributed by atoms with van der Waals surface area (Å²) in [4.78, 5) is 14.3. The van der Waals surface area contributed by atoms with Gasteiger partial charge in [-0.25, -0.2) is 0 Å². The number of amides is 1. The Balaban J connectivity index is 1.48. The van der Waals surface area contributed by atoms with Crippen LogP contribution in [0.3, 0.4) is 0 Å². The smallest absolute Gasteiger partial charge is 0.233 e. The summed E-state index contributed by atoms with van der Waals surface area (Å²) in [7, 11) is 0. The van der Waals surface area contributed by atoms with Crippen LogP contribution in [0.15, 0.2) is 18.3 Å². The molecule has 0 unspecified atom stereocenters. The summed E-state index contributed by atoms with van der Waals surface area (Å²) < 4.78 is 5.80. The van der Waals surface area contributed by atoms with E-state index in [1.165, 1.54) is 12.8 Å². The minimum absolute atomic E-state index is 0.152. The van der Waals surface area contributed by atoms with E-state index in [1.54, 1.807) is 6.20 Å². The molecule has 0 N–H and O–H groups in total. The van der Waals surface area contributed by atoms with Crippen LogP contribution in [-0.4, -0.2) is 40.2 Å². The zero-order valence-electron chi connectivity index (χ0n) is 11.7. The summed E-state index contributed by atoms with van der Waals surface area (Å²) in [6, 6.07) is 3.64. The number of hydrogen-bond donors (Lipinski definition) is 0. The van der Waals surface area contributed by atoms with Crippen molar-refractivity contribution >= 4 is 5.91 Å². The van der Waals surface area contributed by atoms with Crippen LogP contribution in [0.4, 0.5) is 0 Å². The molecule has 0 spiro atoms. The molecule has 0 aromatic carbocycles. The van der Waals surface area contributed by atoms with Crippen molar-refractivity contribution in [2.24, 2.45) is 5.92 Å². The van der Waals surface area contributed by atoms with E-state index in [0.717, 1.165) is 38.8 Å². The monoisotopic (exact) mass is 275 g/mol.